The summed E-state index contributed by atoms with van der Waals surface area (Å²) in [7, 11) is -3.64. The standard InChI is InChI=1S/C21H20FN5O3S/c1-20(12-31(29,30)21(7-2-8-21)19(24)27-20)15-9-14(4-5-16(15)22)26-18(28)17-6-3-13(10-23)11-25-17/h3-6,9,11H,2,7-8,12H2,1H3,(H2,24,27)(H,26,28)/t20-/m0/s1. The van der Waals surface area contributed by atoms with Gasteiger partial charge in [0.05, 0.1) is 11.3 Å². The third kappa shape index (κ3) is 3.35. The second-order valence-corrected chi connectivity index (χ2v) is 10.4. The van der Waals surface area contributed by atoms with Crippen molar-refractivity contribution in [3.63, 3.8) is 0 Å². The zero-order valence-corrected chi connectivity index (χ0v) is 17.5. The van der Waals surface area contributed by atoms with Crippen LogP contribution in [0.15, 0.2) is 41.5 Å². The molecule has 1 saturated carbocycles. The second kappa shape index (κ2) is 7.13. The van der Waals surface area contributed by atoms with Crippen LogP contribution in [0.2, 0.25) is 0 Å². The first-order valence-electron chi connectivity index (χ1n) is 9.66. The van der Waals surface area contributed by atoms with E-state index < -0.39 is 31.8 Å². The Morgan fingerprint density at radius 3 is 2.58 bits per heavy atom. The van der Waals surface area contributed by atoms with Gasteiger partial charge in [0.1, 0.15) is 33.7 Å². The lowest BCUT2D eigenvalue weighted by molar-refractivity contribution is 0.102. The lowest BCUT2D eigenvalue weighted by Gasteiger charge is -2.46. The van der Waals surface area contributed by atoms with Crippen molar-refractivity contribution < 1.29 is 17.6 Å². The number of carbonyl (C=O) groups excluding carboxylic acids is 1. The maximum atomic E-state index is 14.7. The number of sulfone groups is 1. The first-order valence-corrected chi connectivity index (χ1v) is 11.3. The van der Waals surface area contributed by atoms with Crippen molar-refractivity contribution >= 4 is 27.3 Å². The number of rotatable bonds is 3. The lowest BCUT2D eigenvalue weighted by atomic mass is 9.82. The van der Waals surface area contributed by atoms with Crippen LogP contribution in [0.5, 0.6) is 0 Å². The molecular formula is C21H20FN5O3S. The van der Waals surface area contributed by atoms with E-state index in [9.17, 15) is 17.6 Å². The van der Waals surface area contributed by atoms with E-state index in [1.807, 2.05) is 6.07 Å². The van der Waals surface area contributed by atoms with Crippen LogP contribution in [0, 0.1) is 17.1 Å². The van der Waals surface area contributed by atoms with Gasteiger partial charge in [0.2, 0.25) is 0 Å². The van der Waals surface area contributed by atoms with Crippen LogP contribution in [-0.4, -0.2) is 35.6 Å². The first kappa shape index (κ1) is 20.9. The molecule has 1 atom stereocenters. The highest BCUT2D eigenvalue weighted by Gasteiger charge is 2.58. The number of anilines is 1. The number of aromatic nitrogens is 1. The van der Waals surface area contributed by atoms with Gasteiger partial charge < -0.3 is 11.1 Å². The average Bonchev–Trinajstić information content (AvgIpc) is 2.67. The molecule has 1 aromatic carbocycles. The van der Waals surface area contributed by atoms with Gasteiger partial charge in [-0.1, -0.05) is 0 Å². The summed E-state index contributed by atoms with van der Waals surface area (Å²) in [6, 6.07) is 8.64. The number of nitrogens with two attached hydrogens (primary N) is 1. The molecule has 160 valence electrons. The second-order valence-electron chi connectivity index (χ2n) is 8.07. The first-order chi connectivity index (χ1) is 14.6. The quantitative estimate of drug-likeness (QED) is 0.749. The number of carbonyl (C=O) groups is 1. The van der Waals surface area contributed by atoms with Gasteiger partial charge in [-0.25, -0.2) is 17.8 Å². The molecule has 31 heavy (non-hydrogen) atoms. The number of nitriles is 1. The topological polar surface area (TPSA) is 138 Å². The molecule has 2 aromatic rings. The fourth-order valence-corrected chi connectivity index (χ4v) is 6.59. The molecule has 8 nitrogen and oxygen atoms in total. The van der Waals surface area contributed by atoms with Crippen molar-refractivity contribution in [1.29, 1.82) is 5.26 Å². The Kier molecular flexibility index (Phi) is 4.81. The number of amidine groups is 1. The summed E-state index contributed by atoms with van der Waals surface area (Å²) in [5.41, 5.74) is 5.33. The molecule has 2 aliphatic rings. The molecular weight excluding hydrogens is 421 g/mol. The molecule has 1 amide bonds. The zero-order chi connectivity index (χ0) is 22.4. The highest BCUT2D eigenvalue weighted by atomic mass is 32.2. The van der Waals surface area contributed by atoms with Crippen LogP contribution in [0.1, 0.15) is 47.8 Å². The molecule has 3 N–H and O–H groups in total. The number of amides is 1. The van der Waals surface area contributed by atoms with Gasteiger partial charge >= 0.3 is 0 Å². The molecule has 1 aliphatic carbocycles. The fourth-order valence-electron chi connectivity index (χ4n) is 4.08. The highest BCUT2D eigenvalue weighted by molar-refractivity contribution is 7.93. The van der Waals surface area contributed by atoms with Crippen molar-refractivity contribution in [2.75, 3.05) is 11.1 Å². The van der Waals surface area contributed by atoms with Crippen molar-refractivity contribution in [2.24, 2.45) is 10.7 Å². The Balaban J connectivity index is 1.66. The number of benzene rings is 1. The van der Waals surface area contributed by atoms with Crippen LogP contribution in [0.25, 0.3) is 0 Å². The van der Waals surface area contributed by atoms with Gasteiger partial charge in [-0.3, -0.25) is 9.79 Å². The zero-order valence-electron chi connectivity index (χ0n) is 16.7. The maximum absolute atomic E-state index is 14.7. The predicted molar refractivity (Wildman–Crippen MR) is 113 cm³/mol. The van der Waals surface area contributed by atoms with Crippen LogP contribution in [0.4, 0.5) is 10.1 Å². The minimum absolute atomic E-state index is 0.0168. The van der Waals surface area contributed by atoms with E-state index in [0.717, 1.165) is 12.5 Å². The number of nitrogens with zero attached hydrogens (tertiary/aromatic N) is 3. The van der Waals surface area contributed by atoms with Crippen molar-refractivity contribution in [1.82, 2.24) is 4.98 Å². The molecule has 0 bridgehead atoms. The summed E-state index contributed by atoms with van der Waals surface area (Å²) in [6.07, 6.45) is 2.88. The number of nitrogens with one attached hydrogen (secondary N) is 1. The van der Waals surface area contributed by atoms with Gasteiger partial charge in [0, 0.05) is 17.4 Å². The van der Waals surface area contributed by atoms with Crippen molar-refractivity contribution in [3.8, 4) is 6.07 Å². The van der Waals surface area contributed by atoms with Crippen LogP contribution in [0.3, 0.4) is 0 Å². The van der Waals surface area contributed by atoms with E-state index in [1.165, 1.54) is 37.4 Å². The van der Waals surface area contributed by atoms with E-state index in [-0.39, 0.29) is 28.5 Å². The number of hydrogen-bond donors (Lipinski definition) is 2. The number of hydrogen-bond acceptors (Lipinski definition) is 7. The Morgan fingerprint density at radius 2 is 2.03 bits per heavy atom. The Labute approximate surface area is 178 Å². The fraction of sp³-hybridized carbons (Fsp3) is 0.333. The smallest absolute Gasteiger partial charge is 0.274 e. The summed E-state index contributed by atoms with van der Waals surface area (Å²) >= 11 is 0. The van der Waals surface area contributed by atoms with Crippen LogP contribution < -0.4 is 11.1 Å². The van der Waals surface area contributed by atoms with Crippen molar-refractivity contribution in [3.05, 3.63) is 59.2 Å². The molecule has 1 fully saturated rings. The van der Waals surface area contributed by atoms with Crippen molar-refractivity contribution in [2.45, 2.75) is 36.5 Å². The third-order valence-electron chi connectivity index (χ3n) is 5.99. The molecule has 10 heteroatoms. The number of aliphatic imine (C=N–C) groups is 1. The summed E-state index contributed by atoms with van der Waals surface area (Å²) in [6.45, 7) is 1.52. The Morgan fingerprint density at radius 1 is 1.29 bits per heavy atom. The summed E-state index contributed by atoms with van der Waals surface area (Å²) < 4.78 is 39.6. The summed E-state index contributed by atoms with van der Waals surface area (Å²) in [4.78, 5) is 20.8. The molecule has 1 aliphatic heterocycles. The highest BCUT2D eigenvalue weighted by Crippen LogP contribution is 2.47. The lowest BCUT2D eigenvalue weighted by Crippen LogP contribution is -2.61. The number of halogens is 1. The van der Waals surface area contributed by atoms with E-state index in [4.69, 9.17) is 11.0 Å². The third-order valence-corrected chi connectivity index (χ3v) is 8.74. The van der Waals surface area contributed by atoms with E-state index in [0.29, 0.717) is 18.4 Å². The van der Waals surface area contributed by atoms with Gasteiger partial charge in [0.15, 0.2) is 9.84 Å². The van der Waals surface area contributed by atoms with Crippen LogP contribution in [-0.2, 0) is 15.4 Å². The molecule has 4 rings (SSSR count). The van der Waals surface area contributed by atoms with Gasteiger partial charge in [-0.05, 0) is 56.5 Å². The largest absolute Gasteiger partial charge is 0.386 e. The average molecular weight is 441 g/mol. The normalized spacial score (nSPS) is 23.3. The van der Waals surface area contributed by atoms with Gasteiger partial charge in [0.25, 0.3) is 5.91 Å². The van der Waals surface area contributed by atoms with Gasteiger partial charge in [-0.15, -0.1) is 0 Å². The summed E-state index contributed by atoms with van der Waals surface area (Å²) in [5, 5.41) is 11.4. The maximum Gasteiger partial charge on any atom is 0.274 e. The summed E-state index contributed by atoms with van der Waals surface area (Å²) in [5.74, 6) is -1.55. The minimum atomic E-state index is -3.64. The Hall–Kier alpha value is -3.32. The van der Waals surface area contributed by atoms with Crippen LogP contribution >= 0.6 is 0 Å². The molecule has 0 radical (unpaired) electrons. The molecule has 1 aromatic heterocycles. The predicted octanol–water partition coefficient (Wildman–Crippen LogP) is 2.27. The SMILES string of the molecule is C[C@@]1(c2cc(NC(=O)c3ccc(C#N)cn3)ccc2F)CS(=O)(=O)C2(CCC2)C(N)=N1. The number of pyridine rings is 1. The monoisotopic (exact) mass is 441 g/mol. The molecule has 0 unspecified atom stereocenters. The molecule has 2 heterocycles. The molecule has 0 saturated heterocycles. The van der Waals surface area contributed by atoms with E-state index >= 15 is 0 Å². The minimum Gasteiger partial charge on any atom is -0.386 e. The Bertz CT molecular complexity index is 1250. The van der Waals surface area contributed by atoms with Gasteiger partial charge in [-0.2, -0.15) is 5.26 Å². The molecule has 1 spiro atoms. The van der Waals surface area contributed by atoms with E-state index in [2.05, 4.69) is 15.3 Å². The van der Waals surface area contributed by atoms with E-state index in [1.54, 1.807) is 0 Å².